The van der Waals surface area contributed by atoms with Gasteiger partial charge in [-0.15, -0.1) is 0 Å². The van der Waals surface area contributed by atoms with Crippen molar-refractivity contribution in [1.29, 1.82) is 0 Å². The predicted octanol–water partition coefficient (Wildman–Crippen LogP) is 5.86. The van der Waals surface area contributed by atoms with Crippen molar-refractivity contribution in [1.82, 2.24) is 0 Å². The molecule has 56 heavy (non-hydrogen) atoms. The molecule has 0 aromatic carbocycles. The molecule has 0 spiro atoms. The van der Waals surface area contributed by atoms with Crippen LogP contribution < -0.4 is 0 Å². The Kier molecular flexibility index (Phi) is 11.4. The number of rotatable bonds is 8. The van der Waals surface area contributed by atoms with E-state index >= 15 is 4.79 Å². The minimum absolute atomic E-state index is 0.0234. The van der Waals surface area contributed by atoms with Crippen molar-refractivity contribution in [2.24, 2.45) is 40.4 Å². The quantitative estimate of drug-likeness (QED) is 0.171. The third-order valence-electron chi connectivity index (χ3n) is 15.8. The van der Waals surface area contributed by atoms with E-state index in [0.29, 0.717) is 42.6 Å². The Bertz CT molecular complexity index is 1610. The van der Waals surface area contributed by atoms with E-state index in [2.05, 4.69) is 0 Å². The molecular formula is C44H64O12. The maximum absolute atomic E-state index is 15.7. The molecule has 0 aromatic rings. The first-order chi connectivity index (χ1) is 26.5. The standard InChI is InChI=1S/C44H64O12/c1-24-31(47)22-44(51)39(55-40(50)29-14-8-7-9-15-29)37-42(6,38(49)36(53-25(2)45)35(24)41(44,4)5)32(21-33-43(37,23-52-33)56-26(3)46)54-34(48)20-19-28-17-12-16-27-13-10-11-18-30(27)28/h27-33,36-37,39,47,51H,7-23H2,1-6H3/t27?,28?,30?,31-,32-,33+,36+,37-,39-,42+,43-,44+/m0/s1. The molecule has 7 aliphatic rings. The van der Waals surface area contributed by atoms with Gasteiger partial charge in [0.2, 0.25) is 0 Å². The molecule has 12 atom stereocenters. The zero-order chi connectivity index (χ0) is 40.4. The molecule has 1 saturated heterocycles. The highest BCUT2D eigenvalue weighted by atomic mass is 16.6. The normalized spacial score (nSPS) is 42.0. The smallest absolute Gasteiger partial charge is 0.309 e. The average molecular weight is 785 g/mol. The highest BCUT2D eigenvalue weighted by Crippen LogP contribution is 2.65. The highest BCUT2D eigenvalue weighted by molar-refractivity contribution is 5.95. The number of esters is 4. The second-order valence-corrected chi connectivity index (χ2v) is 19.2. The molecule has 2 bridgehead atoms. The SMILES string of the molecule is CC(=O)O[C@H]1C(=O)[C@]2(C)[C@@H](OC(=O)CCC3CCCC4CCCCC43)C[C@H]3OC[C@@]3(OC(C)=O)[C@H]2[C@H](OC(=O)C2CCCCC2)[C@]2(O)C[C@H](O)C(C)=C1C2(C)C. The van der Waals surface area contributed by atoms with Gasteiger partial charge in [0.1, 0.15) is 23.9 Å². The first-order valence-electron chi connectivity index (χ1n) is 21.5. The summed E-state index contributed by atoms with van der Waals surface area (Å²) in [6, 6.07) is 0. The van der Waals surface area contributed by atoms with Crippen LogP contribution in [0.4, 0.5) is 0 Å². The summed E-state index contributed by atoms with van der Waals surface area (Å²) in [5, 5.41) is 25.0. The van der Waals surface area contributed by atoms with Crippen molar-refractivity contribution < 1.29 is 57.9 Å². The van der Waals surface area contributed by atoms with Gasteiger partial charge in [0.25, 0.3) is 0 Å². The Hall–Kier alpha value is -2.83. The van der Waals surface area contributed by atoms with Gasteiger partial charge in [-0.2, -0.15) is 0 Å². The van der Waals surface area contributed by atoms with Crippen molar-refractivity contribution >= 4 is 29.7 Å². The third-order valence-corrected chi connectivity index (χ3v) is 15.8. The van der Waals surface area contributed by atoms with Crippen LogP contribution in [0.5, 0.6) is 0 Å². The number of fused-ring (bicyclic) bond motifs is 6. The number of aliphatic hydroxyl groups is 2. The monoisotopic (exact) mass is 784 g/mol. The molecule has 0 amide bonds. The zero-order valence-corrected chi connectivity index (χ0v) is 34.3. The zero-order valence-electron chi connectivity index (χ0n) is 34.3. The summed E-state index contributed by atoms with van der Waals surface area (Å²) in [4.78, 5) is 70.2. The predicted molar refractivity (Wildman–Crippen MR) is 201 cm³/mol. The average Bonchev–Trinajstić information content (AvgIpc) is 3.15. The minimum Gasteiger partial charge on any atom is -0.461 e. The van der Waals surface area contributed by atoms with Gasteiger partial charge in [0.05, 0.1) is 30.0 Å². The molecule has 7 rings (SSSR count). The lowest BCUT2D eigenvalue weighted by Gasteiger charge is -2.67. The second kappa shape index (κ2) is 15.4. The van der Waals surface area contributed by atoms with E-state index in [-0.39, 0.29) is 31.4 Å². The number of hydrogen-bond donors (Lipinski definition) is 2. The van der Waals surface area contributed by atoms with Gasteiger partial charge in [-0.3, -0.25) is 24.0 Å². The number of aliphatic hydroxyl groups excluding tert-OH is 1. The number of ketones is 1. The topological polar surface area (TPSA) is 172 Å². The number of Topliss-reactive ketones (excluding diaryl/α,β-unsaturated/α-hetero) is 1. The van der Waals surface area contributed by atoms with Gasteiger partial charge in [-0.1, -0.05) is 71.6 Å². The fraction of sp³-hybridized carbons (Fsp3) is 0.841. The number of hydrogen-bond acceptors (Lipinski definition) is 12. The van der Waals surface area contributed by atoms with Crippen LogP contribution in [0, 0.1) is 40.4 Å². The summed E-state index contributed by atoms with van der Waals surface area (Å²) in [6.07, 6.45) is 6.20. The van der Waals surface area contributed by atoms with Gasteiger partial charge in [0, 0.05) is 38.5 Å². The maximum Gasteiger partial charge on any atom is 0.309 e. The molecule has 1 heterocycles. The molecule has 1 aliphatic heterocycles. The first kappa shape index (κ1) is 41.3. The minimum atomic E-state index is -2.09. The van der Waals surface area contributed by atoms with E-state index < -0.39 is 94.0 Å². The van der Waals surface area contributed by atoms with Gasteiger partial charge in [-0.05, 0) is 68.4 Å². The molecule has 312 valence electrons. The maximum atomic E-state index is 15.7. The summed E-state index contributed by atoms with van der Waals surface area (Å²) in [7, 11) is 0. The lowest BCUT2D eigenvalue weighted by atomic mass is 9.44. The molecule has 3 unspecified atom stereocenters. The summed E-state index contributed by atoms with van der Waals surface area (Å²) in [6.45, 7) is 8.90. The molecule has 0 radical (unpaired) electrons. The number of carbonyl (C=O) groups excluding carboxylic acids is 5. The van der Waals surface area contributed by atoms with E-state index in [1.807, 2.05) is 0 Å². The summed E-state index contributed by atoms with van der Waals surface area (Å²) >= 11 is 0. The van der Waals surface area contributed by atoms with Crippen LogP contribution in [0.3, 0.4) is 0 Å². The molecular weight excluding hydrogens is 720 g/mol. The Balaban J connectivity index is 1.35. The number of carbonyl (C=O) groups is 5. The lowest BCUT2D eigenvalue weighted by Crippen LogP contribution is -2.82. The van der Waals surface area contributed by atoms with Crippen LogP contribution in [0.15, 0.2) is 11.1 Å². The van der Waals surface area contributed by atoms with Crippen LogP contribution in [0.25, 0.3) is 0 Å². The Morgan fingerprint density at radius 1 is 0.857 bits per heavy atom. The second-order valence-electron chi connectivity index (χ2n) is 19.2. The molecule has 6 fully saturated rings. The van der Waals surface area contributed by atoms with Crippen molar-refractivity contribution in [2.45, 2.75) is 186 Å². The molecule has 12 nitrogen and oxygen atoms in total. The van der Waals surface area contributed by atoms with Gasteiger partial charge in [0.15, 0.2) is 17.5 Å². The van der Waals surface area contributed by atoms with E-state index in [1.54, 1.807) is 27.7 Å². The lowest BCUT2D eigenvalue weighted by molar-refractivity contribution is -0.348. The summed E-state index contributed by atoms with van der Waals surface area (Å²) < 4.78 is 31.3. The molecule has 12 heteroatoms. The van der Waals surface area contributed by atoms with Gasteiger partial charge >= 0.3 is 23.9 Å². The summed E-state index contributed by atoms with van der Waals surface area (Å²) in [5.74, 6) is -3.18. The van der Waals surface area contributed by atoms with Crippen molar-refractivity contribution in [2.75, 3.05) is 6.61 Å². The first-order valence-corrected chi connectivity index (χ1v) is 21.5. The van der Waals surface area contributed by atoms with Crippen molar-refractivity contribution in [3.63, 3.8) is 0 Å². The van der Waals surface area contributed by atoms with E-state index in [9.17, 15) is 29.4 Å². The Morgan fingerprint density at radius 3 is 2.20 bits per heavy atom. The van der Waals surface area contributed by atoms with Crippen LogP contribution >= 0.6 is 0 Å². The van der Waals surface area contributed by atoms with Gasteiger partial charge in [-0.25, -0.2) is 0 Å². The van der Waals surface area contributed by atoms with Crippen LogP contribution in [-0.2, 0) is 47.7 Å². The van der Waals surface area contributed by atoms with Gasteiger partial charge < -0.3 is 33.9 Å². The van der Waals surface area contributed by atoms with Crippen LogP contribution in [-0.4, -0.2) is 88.2 Å². The molecule has 0 aromatic heterocycles. The van der Waals surface area contributed by atoms with Crippen molar-refractivity contribution in [3.05, 3.63) is 11.1 Å². The fourth-order valence-electron chi connectivity index (χ4n) is 12.8. The third kappa shape index (κ3) is 6.75. The fourth-order valence-corrected chi connectivity index (χ4v) is 12.8. The highest BCUT2D eigenvalue weighted by Gasteiger charge is 2.79. The molecule has 6 aliphatic carbocycles. The van der Waals surface area contributed by atoms with E-state index in [0.717, 1.165) is 32.1 Å². The molecule has 2 N–H and O–H groups in total. The van der Waals surface area contributed by atoms with E-state index in [1.165, 1.54) is 46.0 Å². The summed E-state index contributed by atoms with van der Waals surface area (Å²) in [5.41, 5.74) is -6.40. The van der Waals surface area contributed by atoms with E-state index in [4.69, 9.17) is 23.7 Å². The van der Waals surface area contributed by atoms with Crippen molar-refractivity contribution in [3.8, 4) is 0 Å². The van der Waals surface area contributed by atoms with Crippen LogP contribution in [0.1, 0.15) is 144 Å². The molecule has 5 saturated carbocycles. The Labute approximate surface area is 331 Å². The largest absolute Gasteiger partial charge is 0.461 e. The Morgan fingerprint density at radius 2 is 1.54 bits per heavy atom. The number of ether oxygens (including phenoxy) is 5. The van der Waals surface area contributed by atoms with Crippen LogP contribution in [0.2, 0.25) is 0 Å².